The van der Waals surface area contributed by atoms with Gasteiger partial charge in [-0.2, -0.15) is 5.10 Å². The maximum absolute atomic E-state index is 4.95. The lowest BCUT2D eigenvalue weighted by Crippen LogP contribution is -2.47. The summed E-state index contributed by atoms with van der Waals surface area (Å²) in [5.74, 6) is 2.95. The highest BCUT2D eigenvalue weighted by molar-refractivity contribution is 5.88. The quantitative estimate of drug-likeness (QED) is 0.702. The van der Waals surface area contributed by atoms with E-state index < -0.39 is 0 Å². The van der Waals surface area contributed by atoms with Crippen LogP contribution in [0.15, 0.2) is 18.5 Å². The Balaban J connectivity index is 1.69. The summed E-state index contributed by atoms with van der Waals surface area (Å²) in [6.45, 7) is 12.7. The van der Waals surface area contributed by atoms with Crippen molar-refractivity contribution < 1.29 is 0 Å². The van der Waals surface area contributed by atoms with Crippen LogP contribution in [0, 0.1) is 6.92 Å². The minimum atomic E-state index is 0.275. The number of fused-ring (bicyclic) bond motifs is 1. The van der Waals surface area contributed by atoms with Crippen LogP contribution < -0.4 is 9.80 Å². The number of anilines is 2. The molecule has 1 aliphatic rings. The van der Waals surface area contributed by atoms with Gasteiger partial charge in [-0.3, -0.25) is 4.68 Å². The monoisotopic (exact) mass is 366 g/mol. The van der Waals surface area contributed by atoms with Gasteiger partial charge in [0, 0.05) is 51.0 Å². The van der Waals surface area contributed by atoms with Crippen molar-refractivity contribution in [3.63, 3.8) is 0 Å². The summed E-state index contributed by atoms with van der Waals surface area (Å²) < 4.78 is 2.02. The van der Waals surface area contributed by atoms with Crippen molar-refractivity contribution in [3.8, 4) is 0 Å². The Bertz CT molecular complexity index is 926. The van der Waals surface area contributed by atoms with E-state index in [0.29, 0.717) is 0 Å². The summed E-state index contributed by atoms with van der Waals surface area (Å²) in [6, 6.07) is 1.85. The lowest BCUT2D eigenvalue weighted by atomic mass is 10.2. The molecule has 0 bridgehead atoms. The zero-order valence-corrected chi connectivity index (χ0v) is 16.4. The van der Waals surface area contributed by atoms with Crippen LogP contribution in [0.25, 0.3) is 11.0 Å². The van der Waals surface area contributed by atoms with Crippen LogP contribution in [0.2, 0.25) is 0 Å². The lowest BCUT2D eigenvalue weighted by molar-refractivity contribution is 0.626. The second kappa shape index (κ2) is 7.09. The van der Waals surface area contributed by atoms with Crippen molar-refractivity contribution in [2.24, 2.45) is 0 Å². The van der Waals surface area contributed by atoms with Gasteiger partial charge in [-0.15, -0.1) is 0 Å². The van der Waals surface area contributed by atoms with Gasteiger partial charge in [0.1, 0.15) is 16.9 Å². The number of hydrogen-bond donors (Lipinski definition) is 0. The third-order valence-corrected chi connectivity index (χ3v) is 4.98. The molecule has 1 fully saturated rings. The van der Waals surface area contributed by atoms with Gasteiger partial charge in [-0.1, -0.05) is 13.8 Å². The molecule has 4 heterocycles. The fourth-order valence-corrected chi connectivity index (χ4v) is 3.51. The Morgan fingerprint density at radius 1 is 1.00 bits per heavy atom. The van der Waals surface area contributed by atoms with Crippen molar-refractivity contribution in [2.75, 3.05) is 36.0 Å². The van der Waals surface area contributed by atoms with E-state index in [1.165, 1.54) is 0 Å². The molecule has 0 unspecified atom stereocenters. The maximum Gasteiger partial charge on any atom is 0.225 e. The third kappa shape index (κ3) is 3.20. The van der Waals surface area contributed by atoms with Gasteiger partial charge in [0.05, 0.1) is 5.69 Å². The van der Waals surface area contributed by atoms with Gasteiger partial charge in [-0.25, -0.2) is 19.9 Å². The van der Waals surface area contributed by atoms with E-state index in [9.17, 15) is 0 Å². The normalized spacial score (nSPS) is 15.1. The minimum absolute atomic E-state index is 0.275. The highest BCUT2D eigenvalue weighted by Crippen LogP contribution is 2.29. The predicted octanol–water partition coefficient (Wildman–Crippen LogP) is 2.39. The summed E-state index contributed by atoms with van der Waals surface area (Å²) in [7, 11) is 0. The van der Waals surface area contributed by atoms with Gasteiger partial charge in [0.25, 0.3) is 0 Å². The molecule has 0 spiro atoms. The molecule has 3 aromatic heterocycles. The molecule has 0 N–H and O–H groups in total. The number of aromatic nitrogens is 6. The molecule has 0 amide bonds. The molecule has 0 aliphatic carbocycles. The molecule has 0 radical (unpaired) electrons. The first-order valence-electron chi connectivity index (χ1n) is 9.60. The van der Waals surface area contributed by atoms with E-state index in [1.807, 2.05) is 17.7 Å². The van der Waals surface area contributed by atoms with Crippen LogP contribution in [-0.2, 0) is 6.54 Å². The van der Waals surface area contributed by atoms with Gasteiger partial charge in [0.15, 0.2) is 5.82 Å². The van der Waals surface area contributed by atoms with E-state index in [0.717, 1.165) is 67.0 Å². The molecule has 0 saturated carbocycles. The molecule has 4 rings (SSSR count). The number of aryl methyl sites for hydroxylation is 2. The smallest absolute Gasteiger partial charge is 0.225 e. The standard InChI is InChI=1S/C19H26N8/c1-5-27-16-15(14(4)24-27)22-17(13(2)3)23-18(16)25-9-11-26(12-10-25)19-20-7-6-8-21-19/h6-8,13H,5,9-12H2,1-4H3. The summed E-state index contributed by atoms with van der Waals surface area (Å²) in [5.41, 5.74) is 2.98. The summed E-state index contributed by atoms with van der Waals surface area (Å²) >= 11 is 0. The summed E-state index contributed by atoms with van der Waals surface area (Å²) in [5, 5.41) is 4.68. The van der Waals surface area contributed by atoms with Crippen LogP contribution in [0.3, 0.4) is 0 Å². The summed E-state index contributed by atoms with van der Waals surface area (Å²) in [4.78, 5) is 23.1. The molecule has 8 nitrogen and oxygen atoms in total. The van der Waals surface area contributed by atoms with E-state index in [-0.39, 0.29) is 5.92 Å². The van der Waals surface area contributed by atoms with Gasteiger partial charge in [-0.05, 0) is 19.9 Å². The number of hydrogen-bond acceptors (Lipinski definition) is 7. The Labute approximate surface area is 159 Å². The first kappa shape index (κ1) is 17.6. The van der Waals surface area contributed by atoms with Crippen LogP contribution in [0.4, 0.5) is 11.8 Å². The molecule has 0 atom stereocenters. The van der Waals surface area contributed by atoms with Gasteiger partial charge < -0.3 is 9.80 Å². The summed E-state index contributed by atoms with van der Waals surface area (Å²) in [6.07, 6.45) is 3.58. The zero-order valence-electron chi connectivity index (χ0n) is 16.4. The Kier molecular flexibility index (Phi) is 4.63. The number of rotatable bonds is 4. The Hall–Kier alpha value is -2.77. The van der Waals surface area contributed by atoms with E-state index >= 15 is 0 Å². The lowest BCUT2D eigenvalue weighted by Gasteiger charge is -2.35. The van der Waals surface area contributed by atoms with Crippen LogP contribution in [-0.4, -0.2) is 55.9 Å². The van der Waals surface area contributed by atoms with Crippen molar-refractivity contribution in [3.05, 3.63) is 30.0 Å². The van der Waals surface area contributed by atoms with Gasteiger partial charge >= 0.3 is 0 Å². The Morgan fingerprint density at radius 2 is 1.67 bits per heavy atom. The topological polar surface area (TPSA) is 75.9 Å². The largest absolute Gasteiger partial charge is 0.351 e. The Morgan fingerprint density at radius 3 is 2.30 bits per heavy atom. The fraction of sp³-hybridized carbons (Fsp3) is 0.526. The SMILES string of the molecule is CCn1nc(C)c2nc(C(C)C)nc(N3CCN(c4ncccn4)CC3)c21. The van der Waals surface area contributed by atoms with Gasteiger partial charge in [0.2, 0.25) is 5.95 Å². The van der Waals surface area contributed by atoms with E-state index in [1.54, 1.807) is 12.4 Å². The van der Waals surface area contributed by atoms with Crippen LogP contribution >= 0.6 is 0 Å². The third-order valence-electron chi connectivity index (χ3n) is 4.98. The maximum atomic E-state index is 4.95. The minimum Gasteiger partial charge on any atom is -0.351 e. The molecule has 1 aliphatic heterocycles. The fourth-order valence-electron chi connectivity index (χ4n) is 3.51. The number of piperazine rings is 1. The predicted molar refractivity (Wildman–Crippen MR) is 106 cm³/mol. The molecular formula is C19H26N8. The zero-order chi connectivity index (χ0) is 19.0. The molecule has 142 valence electrons. The second-order valence-corrected chi connectivity index (χ2v) is 7.18. The van der Waals surface area contributed by atoms with Crippen LogP contribution in [0.1, 0.15) is 38.2 Å². The molecule has 3 aromatic rings. The molecule has 1 saturated heterocycles. The molecule has 8 heteroatoms. The number of nitrogens with zero attached hydrogens (tertiary/aromatic N) is 8. The average molecular weight is 366 g/mol. The van der Waals surface area contributed by atoms with Crippen molar-refractivity contribution in [1.82, 2.24) is 29.7 Å². The van der Waals surface area contributed by atoms with E-state index in [4.69, 9.17) is 9.97 Å². The first-order valence-corrected chi connectivity index (χ1v) is 9.60. The van der Waals surface area contributed by atoms with Crippen molar-refractivity contribution in [1.29, 1.82) is 0 Å². The first-order chi connectivity index (χ1) is 13.1. The molecule has 27 heavy (non-hydrogen) atoms. The van der Waals surface area contributed by atoms with Crippen molar-refractivity contribution >= 4 is 22.8 Å². The van der Waals surface area contributed by atoms with E-state index in [2.05, 4.69) is 45.6 Å². The van der Waals surface area contributed by atoms with Crippen LogP contribution in [0.5, 0.6) is 0 Å². The average Bonchev–Trinajstić information content (AvgIpc) is 3.04. The highest BCUT2D eigenvalue weighted by Gasteiger charge is 2.25. The molecular weight excluding hydrogens is 340 g/mol. The second-order valence-electron chi connectivity index (χ2n) is 7.18. The highest BCUT2D eigenvalue weighted by atomic mass is 15.4. The molecule has 0 aromatic carbocycles. The van der Waals surface area contributed by atoms with Crippen molar-refractivity contribution in [2.45, 2.75) is 40.2 Å².